The number of aromatic nitrogens is 2. The van der Waals surface area contributed by atoms with Gasteiger partial charge in [-0.3, -0.25) is 20.0 Å². The van der Waals surface area contributed by atoms with Crippen LogP contribution >= 0.6 is 11.6 Å². The molecule has 0 amide bonds. The molecule has 0 aliphatic rings. The molecule has 1 N–H and O–H groups in total. The molecule has 1 aromatic carbocycles. The van der Waals surface area contributed by atoms with E-state index >= 15 is 0 Å². The zero-order valence-corrected chi connectivity index (χ0v) is 13.7. The summed E-state index contributed by atoms with van der Waals surface area (Å²) < 4.78 is 0. The van der Waals surface area contributed by atoms with E-state index in [9.17, 15) is 14.9 Å². The lowest BCUT2D eigenvalue weighted by Crippen LogP contribution is -2.13. The van der Waals surface area contributed by atoms with Gasteiger partial charge in [-0.05, 0) is 24.3 Å². The van der Waals surface area contributed by atoms with Crippen LogP contribution in [0, 0.1) is 10.1 Å². The van der Waals surface area contributed by atoms with Gasteiger partial charge in [0.25, 0.3) is 5.69 Å². The number of aromatic amines is 1. The first kappa shape index (κ1) is 16.9. The van der Waals surface area contributed by atoms with Crippen LogP contribution in [0.1, 0.15) is 42.4 Å². The normalized spacial score (nSPS) is 11.8. The summed E-state index contributed by atoms with van der Waals surface area (Å²) in [6.07, 6.45) is 4.65. The van der Waals surface area contributed by atoms with E-state index < -0.39 is 4.92 Å². The molecule has 2 rings (SSSR count). The van der Waals surface area contributed by atoms with Gasteiger partial charge in [-0.15, -0.1) is 0 Å². The van der Waals surface area contributed by atoms with Crippen molar-refractivity contribution in [3.63, 3.8) is 0 Å². The first-order valence-electron chi connectivity index (χ1n) is 6.90. The van der Waals surface area contributed by atoms with E-state index in [1.54, 1.807) is 12.3 Å². The molecule has 0 unspecified atom stereocenters. The van der Waals surface area contributed by atoms with E-state index in [0.717, 1.165) is 11.3 Å². The lowest BCUT2D eigenvalue weighted by Gasteiger charge is -2.17. The predicted molar refractivity (Wildman–Crippen MR) is 88.8 cm³/mol. The summed E-state index contributed by atoms with van der Waals surface area (Å²) in [5.41, 5.74) is 1.49. The molecule has 120 valence electrons. The van der Waals surface area contributed by atoms with Crippen LogP contribution in [-0.2, 0) is 5.41 Å². The third-order valence-corrected chi connectivity index (χ3v) is 3.58. The second kappa shape index (κ2) is 6.34. The summed E-state index contributed by atoms with van der Waals surface area (Å²) in [4.78, 5) is 22.5. The second-order valence-electron chi connectivity index (χ2n) is 6.07. The lowest BCUT2D eigenvalue weighted by atomic mass is 9.89. The number of halogens is 1. The third-order valence-electron chi connectivity index (χ3n) is 3.26. The van der Waals surface area contributed by atoms with Crippen molar-refractivity contribution in [1.82, 2.24) is 10.2 Å². The minimum Gasteiger partial charge on any atom is -0.289 e. The Morgan fingerprint density at radius 3 is 2.70 bits per heavy atom. The summed E-state index contributed by atoms with van der Waals surface area (Å²) >= 11 is 5.74. The van der Waals surface area contributed by atoms with Crippen molar-refractivity contribution in [2.75, 3.05) is 0 Å². The molecule has 0 aliphatic carbocycles. The topological polar surface area (TPSA) is 88.9 Å². The zero-order valence-electron chi connectivity index (χ0n) is 13.0. The Balaban J connectivity index is 2.28. The van der Waals surface area contributed by atoms with Gasteiger partial charge < -0.3 is 0 Å². The summed E-state index contributed by atoms with van der Waals surface area (Å²) in [7, 11) is 0. The van der Waals surface area contributed by atoms with Gasteiger partial charge in [-0.25, -0.2) is 0 Å². The largest absolute Gasteiger partial charge is 0.289 e. The molecule has 1 heterocycles. The second-order valence-corrected chi connectivity index (χ2v) is 6.48. The molecule has 23 heavy (non-hydrogen) atoms. The van der Waals surface area contributed by atoms with Gasteiger partial charge in [0, 0.05) is 28.3 Å². The van der Waals surface area contributed by atoms with Crippen molar-refractivity contribution in [1.29, 1.82) is 0 Å². The number of nitro groups is 1. The van der Waals surface area contributed by atoms with Crippen molar-refractivity contribution in [3.05, 3.63) is 62.4 Å². The van der Waals surface area contributed by atoms with Gasteiger partial charge in [0.15, 0.2) is 5.78 Å². The number of nitrogens with zero attached hydrogens (tertiary/aromatic N) is 2. The van der Waals surface area contributed by atoms with Crippen LogP contribution in [0.4, 0.5) is 5.69 Å². The summed E-state index contributed by atoms with van der Waals surface area (Å²) in [5, 5.41) is 17.8. The van der Waals surface area contributed by atoms with Gasteiger partial charge in [0.1, 0.15) is 5.02 Å². The minimum absolute atomic E-state index is 0.000355. The number of allylic oxidation sites excluding steroid dienone is 1. The minimum atomic E-state index is -0.614. The Morgan fingerprint density at radius 2 is 2.09 bits per heavy atom. The van der Waals surface area contributed by atoms with Crippen molar-refractivity contribution < 1.29 is 9.72 Å². The molecule has 6 nitrogen and oxygen atoms in total. The van der Waals surface area contributed by atoms with E-state index in [2.05, 4.69) is 10.2 Å². The Kier molecular flexibility index (Phi) is 4.65. The lowest BCUT2D eigenvalue weighted by molar-refractivity contribution is -0.384. The van der Waals surface area contributed by atoms with Crippen LogP contribution in [0.3, 0.4) is 0 Å². The highest BCUT2D eigenvalue weighted by molar-refractivity contribution is 6.32. The number of carbonyl (C=O) groups excluding carboxylic acids is 1. The average molecular weight is 334 g/mol. The number of rotatable bonds is 4. The molecule has 0 bridgehead atoms. The van der Waals surface area contributed by atoms with E-state index in [-0.39, 0.29) is 27.5 Å². The summed E-state index contributed by atoms with van der Waals surface area (Å²) in [5.74, 6) is -0.342. The molecule has 0 saturated carbocycles. The Labute approximate surface area is 138 Å². The van der Waals surface area contributed by atoms with Crippen LogP contribution in [0.2, 0.25) is 5.02 Å². The van der Waals surface area contributed by atoms with Gasteiger partial charge in [-0.1, -0.05) is 32.4 Å². The Morgan fingerprint density at radius 1 is 1.39 bits per heavy atom. The third kappa shape index (κ3) is 3.84. The SMILES string of the molecule is CC(C)(C)c1[nH]ncc1/C=C\C(=O)c1ccc(Cl)c([N+](=O)[O-])c1. The van der Waals surface area contributed by atoms with E-state index in [0.29, 0.717) is 0 Å². The monoisotopic (exact) mass is 333 g/mol. The molecular formula is C16H16ClN3O3. The number of benzene rings is 1. The fourth-order valence-electron chi connectivity index (χ4n) is 2.09. The number of hydrogen-bond donors (Lipinski definition) is 1. The molecule has 0 spiro atoms. The molecule has 7 heteroatoms. The standard InChI is InChI=1S/C16H16ClN3O3/c1-16(2,3)15-11(9-18-19-15)5-7-14(21)10-4-6-12(17)13(8-10)20(22)23/h4-9H,1-3H3,(H,18,19)/b7-5-. The van der Waals surface area contributed by atoms with Crippen molar-refractivity contribution in [2.45, 2.75) is 26.2 Å². The summed E-state index contributed by atoms with van der Waals surface area (Å²) in [6, 6.07) is 3.98. The smallest absolute Gasteiger partial charge is 0.288 e. The highest BCUT2D eigenvalue weighted by Gasteiger charge is 2.19. The summed E-state index contributed by atoms with van der Waals surface area (Å²) in [6.45, 7) is 6.09. The zero-order chi connectivity index (χ0) is 17.2. The molecular weight excluding hydrogens is 318 g/mol. The number of hydrogen-bond acceptors (Lipinski definition) is 4. The molecule has 0 fully saturated rings. The fourth-order valence-corrected chi connectivity index (χ4v) is 2.28. The number of nitrogens with one attached hydrogen (secondary N) is 1. The molecule has 2 aromatic rings. The Bertz CT molecular complexity index is 788. The number of nitro benzene ring substituents is 1. The number of ketones is 1. The maximum atomic E-state index is 12.2. The Hall–Kier alpha value is -2.47. The first-order chi connectivity index (χ1) is 10.7. The molecule has 0 aliphatic heterocycles. The van der Waals surface area contributed by atoms with Crippen LogP contribution in [0.25, 0.3) is 6.08 Å². The van der Waals surface area contributed by atoms with Crippen molar-refractivity contribution >= 4 is 29.1 Å². The van der Waals surface area contributed by atoms with Gasteiger partial charge in [0.05, 0.1) is 11.1 Å². The molecule has 0 radical (unpaired) electrons. The highest BCUT2D eigenvalue weighted by Crippen LogP contribution is 2.26. The molecule has 1 aromatic heterocycles. The maximum absolute atomic E-state index is 12.2. The van der Waals surface area contributed by atoms with Gasteiger partial charge in [-0.2, -0.15) is 5.10 Å². The highest BCUT2D eigenvalue weighted by atomic mass is 35.5. The first-order valence-corrected chi connectivity index (χ1v) is 7.28. The van der Waals surface area contributed by atoms with Crippen LogP contribution in [0.15, 0.2) is 30.5 Å². The van der Waals surface area contributed by atoms with Gasteiger partial charge >= 0.3 is 0 Å². The molecule has 0 saturated heterocycles. The van der Waals surface area contributed by atoms with Crippen LogP contribution in [0.5, 0.6) is 0 Å². The van der Waals surface area contributed by atoms with E-state index in [1.807, 2.05) is 20.8 Å². The predicted octanol–water partition coefficient (Wildman–Crippen LogP) is 4.16. The number of H-pyrrole nitrogens is 1. The molecule has 0 atom stereocenters. The maximum Gasteiger partial charge on any atom is 0.288 e. The van der Waals surface area contributed by atoms with Crippen molar-refractivity contribution in [2.24, 2.45) is 0 Å². The van der Waals surface area contributed by atoms with Crippen LogP contribution < -0.4 is 0 Å². The van der Waals surface area contributed by atoms with Gasteiger partial charge in [0.2, 0.25) is 0 Å². The van der Waals surface area contributed by atoms with E-state index in [1.165, 1.54) is 24.3 Å². The van der Waals surface area contributed by atoms with E-state index in [4.69, 9.17) is 11.6 Å². The van der Waals surface area contributed by atoms with Crippen molar-refractivity contribution in [3.8, 4) is 0 Å². The quantitative estimate of drug-likeness (QED) is 0.393. The number of carbonyl (C=O) groups is 1. The fraction of sp³-hybridized carbons (Fsp3) is 0.250. The van der Waals surface area contributed by atoms with Crippen LogP contribution in [-0.4, -0.2) is 20.9 Å². The average Bonchev–Trinajstić information content (AvgIpc) is 2.93.